The second kappa shape index (κ2) is 7.46. The highest BCUT2D eigenvalue weighted by atomic mass is 32.1. The van der Waals surface area contributed by atoms with Crippen LogP contribution >= 0.6 is 11.3 Å². The van der Waals surface area contributed by atoms with Gasteiger partial charge in [0, 0.05) is 23.4 Å². The number of rotatable bonds is 5. The van der Waals surface area contributed by atoms with Gasteiger partial charge in [-0.2, -0.15) is 0 Å². The van der Waals surface area contributed by atoms with E-state index < -0.39 is 0 Å². The first-order valence-electron chi connectivity index (χ1n) is 9.62. The van der Waals surface area contributed by atoms with Gasteiger partial charge in [-0.1, -0.05) is 19.8 Å². The monoisotopic (exact) mass is 356 g/mol. The third-order valence-electron chi connectivity index (χ3n) is 5.68. The number of thiazole rings is 1. The second-order valence-electron chi connectivity index (χ2n) is 7.71. The van der Waals surface area contributed by atoms with Crippen LogP contribution in [0.4, 0.5) is 0 Å². The molecule has 3 nitrogen and oxygen atoms in total. The molecule has 134 valence electrons. The van der Waals surface area contributed by atoms with Crippen molar-refractivity contribution in [2.24, 2.45) is 11.8 Å². The van der Waals surface area contributed by atoms with Crippen molar-refractivity contribution in [2.75, 3.05) is 13.2 Å². The van der Waals surface area contributed by atoms with E-state index in [0.29, 0.717) is 0 Å². The van der Waals surface area contributed by atoms with Gasteiger partial charge in [-0.3, -0.25) is 0 Å². The Labute approximate surface area is 154 Å². The minimum Gasteiger partial charge on any atom is -0.493 e. The average molecular weight is 357 g/mol. The van der Waals surface area contributed by atoms with Crippen molar-refractivity contribution in [3.8, 4) is 16.3 Å². The fraction of sp³-hybridized carbons (Fsp3) is 0.571. The molecule has 1 fully saturated rings. The Morgan fingerprint density at radius 3 is 2.92 bits per heavy atom. The lowest BCUT2D eigenvalue weighted by atomic mass is 9.83. The number of hydrogen-bond acceptors (Lipinski definition) is 4. The zero-order valence-corrected chi connectivity index (χ0v) is 16.1. The summed E-state index contributed by atoms with van der Waals surface area (Å²) in [4.78, 5) is 6.19. The molecule has 0 radical (unpaired) electrons. The van der Waals surface area contributed by atoms with Crippen molar-refractivity contribution in [3.63, 3.8) is 0 Å². The highest BCUT2D eigenvalue weighted by Gasteiger charge is 2.18. The molecule has 4 rings (SSSR count). The summed E-state index contributed by atoms with van der Waals surface area (Å²) < 4.78 is 5.61. The lowest BCUT2D eigenvalue weighted by molar-refractivity contribution is 0.281. The predicted octanol–water partition coefficient (Wildman–Crippen LogP) is 4.97. The van der Waals surface area contributed by atoms with Crippen LogP contribution in [0.25, 0.3) is 10.6 Å². The van der Waals surface area contributed by atoms with Crippen LogP contribution in [-0.4, -0.2) is 18.1 Å². The van der Waals surface area contributed by atoms with Crippen LogP contribution in [0.15, 0.2) is 18.2 Å². The number of aromatic nitrogens is 1. The molecule has 2 heterocycles. The standard InChI is InChI=1S/C21H28N2OS/c1-14-3-5-16(6-4-14)12-22-13-20-15(2)23-21(25-20)18-7-8-19-17(11-18)9-10-24-19/h7-8,11,14,16,22H,3-6,9-10,12-13H2,1-2H3. The highest BCUT2D eigenvalue weighted by molar-refractivity contribution is 7.15. The summed E-state index contributed by atoms with van der Waals surface area (Å²) in [6.45, 7) is 7.43. The van der Waals surface area contributed by atoms with Gasteiger partial charge in [0.2, 0.25) is 0 Å². The molecular weight excluding hydrogens is 328 g/mol. The maximum Gasteiger partial charge on any atom is 0.123 e. The maximum absolute atomic E-state index is 5.61. The van der Waals surface area contributed by atoms with Crippen LogP contribution in [0.2, 0.25) is 0 Å². The van der Waals surface area contributed by atoms with Gasteiger partial charge in [-0.05, 0) is 61.9 Å². The van der Waals surface area contributed by atoms with Crippen molar-refractivity contribution in [1.29, 1.82) is 0 Å². The van der Waals surface area contributed by atoms with E-state index in [0.717, 1.165) is 48.7 Å². The quantitative estimate of drug-likeness (QED) is 0.821. The zero-order chi connectivity index (χ0) is 17.2. The Morgan fingerprint density at radius 1 is 1.24 bits per heavy atom. The topological polar surface area (TPSA) is 34.1 Å². The van der Waals surface area contributed by atoms with Crippen LogP contribution in [0.3, 0.4) is 0 Å². The molecule has 0 atom stereocenters. The number of ether oxygens (including phenoxy) is 1. The largest absolute Gasteiger partial charge is 0.493 e. The van der Waals surface area contributed by atoms with Crippen molar-refractivity contribution < 1.29 is 4.74 Å². The number of nitrogens with zero attached hydrogens (tertiary/aromatic N) is 1. The van der Waals surface area contributed by atoms with Crippen molar-refractivity contribution in [3.05, 3.63) is 34.3 Å². The van der Waals surface area contributed by atoms with Gasteiger partial charge in [0.25, 0.3) is 0 Å². The van der Waals surface area contributed by atoms with Gasteiger partial charge in [-0.15, -0.1) is 11.3 Å². The maximum atomic E-state index is 5.61. The molecule has 0 bridgehead atoms. The molecule has 25 heavy (non-hydrogen) atoms. The number of nitrogens with one attached hydrogen (secondary N) is 1. The summed E-state index contributed by atoms with van der Waals surface area (Å²) in [6, 6.07) is 6.49. The fourth-order valence-electron chi connectivity index (χ4n) is 3.96. The zero-order valence-electron chi connectivity index (χ0n) is 15.3. The molecule has 1 saturated carbocycles. The smallest absolute Gasteiger partial charge is 0.123 e. The molecule has 2 aliphatic rings. The van der Waals surface area contributed by atoms with E-state index in [1.54, 1.807) is 0 Å². The minimum absolute atomic E-state index is 0.810. The van der Waals surface area contributed by atoms with Crippen molar-refractivity contribution >= 4 is 11.3 Å². The molecule has 1 aliphatic carbocycles. The summed E-state index contributed by atoms with van der Waals surface area (Å²) in [5.41, 5.74) is 3.71. The summed E-state index contributed by atoms with van der Waals surface area (Å²) in [5, 5.41) is 4.82. The van der Waals surface area contributed by atoms with Crippen LogP contribution in [0, 0.1) is 18.8 Å². The summed E-state index contributed by atoms with van der Waals surface area (Å²) in [6.07, 6.45) is 6.59. The van der Waals surface area contributed by atoms with Crippen LogP contribution in [-0.2, 0) is 13.0 Å². The van der Waals surface area contributed by atoms with E-state index in [2.05, 4.69) is 37.4 Å². The molecule has 0 unspecified atom stereocenters. The lowest BCUT2D eigenvalue weighted by Gasteiger charge is -2.26. The van der Waals surface area contributed by atoms with Gasteiger partial charge in [0.05, 0.1) is 12.3 Å². The number of aryl methyl sites for hydroxylation is 1. The van der Waals surface area contributed by atoms with E-state index >= 15 is 0 Å². The number of hydrogen-bond donors (Lipinski definition) is 1. The Morgan fingerprint density at radius 2 is 2.08 bits per heavy atom. The Bertz CT molecular complexity index is 731. The van der Waals surface area contributed by atoms with Crippen molar-refractivity contribution in [2.45, 2.75) is 52.5 Å². The van der Waals surface area contributed by atoms with E-state index in [1.165, 1.54) is 47.4 Å². The SMILES string of the molecule is Cc1nc(-c2ccc3c(c2)CCO3)sc1CNCC1CCC(C)CC1. The molecule has 0 spiro atoms. The highest BCUT2D eigenvalue weighted by Crippen LogP contribution is 2.33. The van der Waals surface area contributed by atoms with E-state index in [9.17, 15) is 0 Å². The first-order valence-corrected chi connectivity index (χ1v) is 10.4. The van der Waals surface area contributed by atoms with Gasteiger partial charge in [-0.25, -0.2) is 4.98 Å². The van der Waals surface area contributed by atoms with Gasteiger partial charge >= 0.3 is 0 Å². The Hall–Kier alpha value is -1.39. The molecule has 1 N–H and O–H groups in total. The molecule has 1 aromatic heterocycles. The lowest BCUT2D eigenvalue weighted by Crippen LogP contribution is -2.25. The van der Waals surface area contributed by atoms with Crippen molar-refractivity contribution in [1.82, 2.24) is 10.3 Å². The normalized spacial score (nSPS) is 22.6. The van der Waals surface area contributed by atoms with E-state index in [-0.39, 0.29) is 0 Å². The van der Waals surface area contributed by atoms with Crippen LogP contribution < -0.4 is 10.1 Å². The summed E-state index contributed by atoms with van der Waals surface area (Å²) in [5.74, 6) is 2.83. The average Bonchev–Trinajstić information content (AvgIpc) is 3.23. The Kier molecular flexibility index (Phi) is 5.09. The molecule has 0 saturated heterocycles. The van der Waals surface area contributed by atoms with Crippen LogP contribution in [0.5, 0.6) is 5.75 Å². The van der Waals surface area contributed by atoms with E-state index in [1.807, 2.05) is 11.3 Å². The van der Waals surface area contributed by atoms with E-state index in [4.69, 9.17) is 9.72 Å². The summed E-state index contributed by atoms with van der Waals surface area (Å²) >= 11 is 1.83. The third kappa shape index (κ3) is 3.90. The predicted molar refractivity (Wildman–Crippen MR) is 104 cm³/mol. The first-order chi connectivity index (χ1) is 12.2. The Balaban J connectivity index is 1.37. The third-order valence-corrected chi connectivity index (χ3v) is 6.89. The number of benzene rings is 1. The van der Waals surface area contributed by atoms with Gasteiger partial charge < -0.3 is 10.1 Å². The summed E-state index contributed by atoms with van der Waals surface area (Å²) in [7, 11) is 0. The molecule has 1 aromatic carbocycles. The molecule has 4 heteroatoms. The van der Waals surface area contributed by atoms with Gasteiger partial charge in [0.15, 0.2) is 0 Å². The van der Waals surface area contributed by atoms with Crippen LogP contribution in [0.1, 0.15) is 48.7 Å². The molecule has 1 aliphatic heterocycles. The molecule has 2 aromatic rings. The molecular formula is C21H28N2OS. The second-order valence-corrected chi connectivity index (χ2v) is 8.79. The minimum atomic E-state index is 0.810. The van der Waals surface area contributed by atoms with Gasteiger partial charge in [0.1, 0.15) is 10.8 Å². The fourth-order valence-corrected chi connectivity index (χ4v) is 4.99. The molecule has 0 amide bonds. The first kappa shape index (κ1) is 17.0. The number of fused-ring (bicyclic) bond motifs is 1.